The van der Waals surface area contributed by atoms with Gasteiger partial charge in [-0.3, -0.25) is 0 Å². The maximum Gasteiger partial charge on any atom is 0.496 e. The molecular weight excluding hydrogens is 215 g/mol. The van der Waals surface area contributed by atoms with Crippen LogP contribution in [0.25, 0.3) is 0 Å². The zero-order valence-corrected chi connectivity index (χ0v) is 8.18. The van der Waals surface area contributed by atoms with E-state index in [4.69, 9.17) is 9.79 Å². The highest BCUT2D eigenvalue weighted by molar-refractivity contribution is 7.46. The molecule has 0 amide bonds. The van der Waals surface area contributed by atoms with Crippen LogP contribution in [0, 0.1) is 0 Å². The van der Waals surface area contributed by atoms with Crippen LogP contribution < -0.4 is 0 Å². The Morgan fingerprint density at radius 2 is 2.07 bits per heavy atom. The lowest BCUT2D eigenvalue weighted by atomic mass is 10.5. The summed E-state index contributed by atoms with van der Waals surface area (Å²) in [5.74, 6) is -0.569. The molecule has 14 heavy (non-hydrogen) atoms. The SMILES string of the molecule is C=CC(=O)OCCCOOP(=O)(O)O. The molecule has 0 unspecified atom stereocenters. The summed E-state index contributed by atoms with van der Waals surface area (Å²) in [6.07, 6.45) is 1.27. The molecule has 0 aliphatic rings. The van der Waals surface area contributed by atoms with Crippen molar-refractivity contribution in [1.82, 2.24) is 0 Å². The zero-order chi connectivity index (χ0) is 11.0. The van der Waals surface area contributed by atoms with Gasteiger partial charge in [0.15, 0.2) is 0 Å². The van der Waals surface area contributed by atoms with E-state index in [0.717, 1.165) is 6.08 Å². The number of hydrogen-bond acceptors (Lipinski definition) is 5. The molecular formula is C6H11O7P. The molecule has 0 rings (SSSR count). The van der Waals surface area contributed by atoms with Gasteiger partial charge in [0.1, 0.15) is 0 Å². The van der Waals surface area contributed by atoms with Gasteiger partial charge >= 0.3 is 13.8 Å². The largest absolute Gasteiger partial charge is 0.496 e. The molecule has 0 saturated heterocycles. The van der Waals surface area contributed by atoms with E-state index in [0.29, 0.717) is 0 Å². The van der Waals surface area contributed by atoms with Crippen LogP contribution in [0.1, 0.15) is 6.42 Å². The number of rotatable bonds is 7. The molecule has 0 heterocycles. The summed E-state index contributed by atoms with van der Waals surface area (Å²) in [5, 5.41) is 0. The fourth-order valence-electron chi connectivity index (χ4n) is 0.455. The smallest absolute Gasteiger partial charge is 0.462 e. The minimum Gasteiger partial charge on any atom is -0.462 e. The van der Waals surface area contributed by atoms with Crippen molar-refractivity contribution in [1.29, 1.82) is 0 Å². The van der Waals surface area contributed by atoms with Crippen molar-refractivity contribution in [2.45, 2.75) is 6.42 Å². The Bertz CT molecular complexity index is 232. The monoisotopic (exact) mass is 226 g/mol. The van der Waals surface area contributed by atoms with Crippen LogP contribution in [0.15, 0.2) is 12.7 Å². The van der Waals surface area contributed by atoms with Crippen LogP contribution in [-0.4, -0.2) is 29.0 Å². The number of esters is 1. The first kappa shape index (κ1) is 13.3. The second-order valence-corrected chi connectivity index (χ2v) is 3.24. The lowest BCUT2D eigenvalue weighted by Gasteiger charge is -2.04. The first-order valence-corrected chi connectivity index (χ1v) is 5.14. The van der Waals surface area contributed by atoms with Gasteiger partial charge in [0, 0.05) is 12.5 Å². The van der Waals surface area contributed by atoms with E-state index in [2.05, 4.69) is 20.9 Å². The van der Waals surface area contributed by atoms with Crippen molar-refractivity contribution in [3.8, 4) is 0 Å². The fourth-order valence-corrected chi connectivity index (χ4v) is 0.667. The van der Waals surface area contributed by atoms with E-state index < -0.39 is 13.8 Å². The van der Waals surface area contributed by atoms with Crippen LogP contribution in [0.5, 0.6) is 0 Å². The van der Waals surface area contributed by atoms with Crippen LogP contribution in [0.3, 0.4) is 0 Å². The topological polar surface area (TPSA) is 102 Å². The summed E-state index contributed by atoms with van der Waals surface area (Å²) in [5.41, 5.74) is 0. The molecule has 0 saturated carbocycles. The number of carbonyl (C=O) groups excluding carboxylic acids is 1. The van der Waals surface area contributed by atoms with Crippen LogP contribution in [0.4, 0.5) is 0 Å². The van der Waals surface area contributed by atoms with Crippen molar-refractivity contribution in [2.24, 2.45) is 0 Å². The Labute approximate surface area is 80.4 Å². The van der Waals surface area contributed by atoms with E-state index in [1.165, 1.54) is 0 Å². The van der Waals surface area contributed by atoms with Gasteiger partial charge in [-0.1, -0.05) is 6.58 Å². The normalized spacial score (nSPS) is 11.0. The quantitative estimate of drug-likeness (QED) is 0.159. The van der Waals surface area contributed by atoms with Gasteiger partial charge in [-0.15, -0.1) is 4.67 Å². The first-order valence-electron chi connectivity index (χ1n) is 3.61. The molecule has 0 atom stereocenters. The maximum absolute atomic E-state index is 10.5. The molecule has 8 heteroatoms. The Morgan fingerprint density at radius 1 is 1.43 bits per heavy atom. The molecule has 0 aromatic rings. The average molecular weight is 226 g/mol. The maximum atomic E-state index is 10.5. The van der Waals surface area contributed by atoms with E-state index in [1.807, 2.05) is 0 Å². The third-order valence-corrected chi connectivity index (χ3v) is 1.23. The van der Waals surface area contributed by atoms with Gasteiger partial charge in [-0.05, 0) is 0 Å². The first-order chi connectivity index (χ1) is 6.45. The average Bonchev–Trinajstić information content (AvgIpc) is 2.08. The molecule has 0 aromatic carbocycles. The van der Waals surface area contributed by atoms with Crippen molar-refractivity contribution >= 4 is 13.8 Å². The third-order valence-electron chi connectivity index (χ3n) is 0.933. The van der Waals surface area contributed by atoms with Gasteiger partial charge in [0.25, 0.3) is 0 Å². The Kier molecular flexibility index (Phi) is 6.35. The third kappa shape index (κ3) is 9.37. The van der Waals surface area contributed by atoms with Crippen molar-refractivity contribution in [3.63, 3.8) is 0 Å². The molecule has 0 aliphatic heterocycles. The molecule has 7 nitrogen and oxygen atoms in total. The fraction of sp³-hybridized carbons (Fsp3) is 0.500. The number of phosphoric acid groups is 1. The minimum absolute atomic E-state index is 0.0649. The number of ether oxygens (including phenoxy) is 1. The molecule has 0 radical (unpaired) electrons. The molecule has 0 aromatic heterocycles. The van der Waals surface area contributed by atoms with Crippen LogP contribution >= 0.6 is 7.82 Å². The summed E-state index contributed by atoms with van der Waals surface area (Å²) in [6, 6.07) is 0. The van der Waals surface area contributed by atoms with Crippen molar-refractivity contribution < 1.29 is 33.4 Å². The lowest BCUT2D eigenvalue weighted by molar-refractivity contribution is -0.223. The van der Waals surface area contributed by atoms with Crippen LogP contribution in [-0.2, 0) is 23.7 Å². The summed E-state index contributed by atoms with van der Waals surface area (Å²) in [4.78, 5) is 30.9. The predicted molar refractivity (Wildman–Crippen MR) is 44.9 cm³/mol. The Balaban J connectivity index is 3.27. The van der Waals surface area contributed by atoms with Crippen molar-refractivity contribution in [3.05, 3.63) is 12.7 Å². The van der Waals surface area contributed by atoms with E-state index in [1.54, 1.807) is 0 Å². The Morgan fingerprint density at radius 3 is 2.57 bits per heavy atom. The van der Waals surface area contributed by atoms with Crippen molar-refractivity contribution in [2.75, 3.05) is 13.2 Å². The molecule has 0 spiro atoms. The zero-order valence-electron chi connectivity index (χ0n) is 7.29. The summed E-state index contributed by atoms with van der Waals surface area (Å²) in [6.45, 7) is 3.15. The highest BCUT2D eigenvalue weighted by Gasteiger charge is 2.14. The van der Waals surface area contributed by atoms with Gasteiger partial charge in [-0.25, -0.2) is 14.2 Å². The highest BCUT2D eigenvalue weighted by atomic mass is 31.2. The number of carbonyl (C=O) groups is 1. The second-order valence-electron chi connectivity index (χ2n) is 2.11. The van der Waals surface area contributed by atoms with Gasteiger partial charge in [0.05, 0.1) is 13.2 Å². The van der Waals surface area contributed by atoms with Crippen LogP contribution in [0.2, 0.25) is 0 Å². The van der Waals surface area contributed by atoms with Gasteiger partial charge in [-0.2, -0.15) is 0 Å². The van der Waals surface area contributed by atoms with E-state index in [-0.39, 0.29) is 19.6 Å². The molecule has 0 fully saturated rings. The van der Waals surface area contributed by atoms with E-state index in [9.17, 15) is 9.36 Å². The summed E-state index contributed by atoms with van der Waals surface area (Å²) >= 11 is 0. The standard InChI is InChI=1S/C6H11O7P/c1-2-6(7)11-4-3-5-12-13-14(8,9)10/h2H,1,3-5H2,(H2,8,9,10). The molecule has 2 N–H and O–H groups in total. The minimum atomic E-state index is -4.59. The number of hydrogen-bond donors (Lipinski definition) is 2. The predicted octanol–water partition coefficient (Wildman–Crippen LogP) is 0.147. The summed E-state index contributed by atoms with van der Waals surface area (Å²) in [7, 11) is -4.59. The second kappa shape index (κ2) is 6.69. The van der Waals surface area contributed by atoms with E-state index >= 15 is 0 Å². The highest BCUT2D eigenvalue weighted by Crippen LogP contribution is 2.35. The molecule has 82 valence electrons. The Hall–Kier alpha value is -0.720. The van der Waals surface area contributed by atoms with Gasteiger partial charge < -0.3 is 14.5 Å². The summed E-state index contributed by atoms with van der Waals surface area (Å²) < 4.78 is 18.3. The molecule has 0 aliphatic carbocycles. The van der Waals surface area contributed by atoms with Gasteiger partial charge in [0.2, 0.25) is 0 Å². The lowest BCUT2D eigenvalue weighted by Crippen LogP contribution is -2.05. The molecule has 0 bridgehead atoms.